The third-order valence-corrected chi connectivity index (χ3v) is 3.74. The van der Waals surface area contributed by atoms with Crippen molar-refractivity contribution in [1.29, 1.82) is 0 Å². The highest BCUT2D eigenvalue weighted by molar-refractivity contribution is 5.89. The molecule has 0 saturated heterocycles. The van der Waals surface area contributed by atoms with E-state index in [-0.39, 0.29) is 12.1 Å². The fourth-order valence-electron chi connectivity index (χ4n) is 2.41. The van der Waals surface area contributed by atoms with Crippen LogP contribution in [0.25, 0.3) is 5.69 Å². The second-order valence-corrected chi connectivity index (χ2v) is 5.47. The number of nitrogens with one attached hydrogen (secondary N) is 2. The molecule has 0 saturated carbocycles. The minimum atomic E-state index is -0.258. The van der Waals surface area contributed by atoms with Gasteiger partial charge < -0.3 is 15.2 Å². The van der Waals surface area contributed by atoms with E-state index in [1.807, 2.05) is 48.9 Å². The van der Waals surface area contributed by atoms with E-state index in [9.17, 15) is 4.79 Å². The third kappa shape index (κ3) is 3.62. The molecule has 3 aromatic rings. The molecular formula is C17H20N6O. The number of aryl methyl sites for hydroxylation is 1. The summed E-state index contributed by atoms with van der Waals surface area (Å²) >= 11 is 0. The summed E-state index contributed by atoms with van der Waals surface area (Å²) in [5.74, 6) is 0. The van der Waals surface area contributed by atoms with Crippen LogP contribution >= 0.6 is 0 Å². The highest BCUT2D eigenvalue weighted by Gasteiger charge is 2.11. The summed E-state index contributed by atoms with van der Waals surface area (Å²) in [6, 6.07) is 7.59. The van der Waals surface area contributed by atoms with Gasteiger partial charge in [-0.05, 0) is 31.5 Å². The van der Waals surface area contributed by atoms with E-state index in [0.717, 1.165) is 17.8 Å². The third-order valence-electron chi connectivity index (χ3n) is 3.74. The normalized spacial score (nSPS) is 11.9. The molecule has 2 amide bonds. The predicted molar refractivity (Wildman–Crippen MR) is 92.0 cm³/mol. The maximum absolute atomic E-state index is 12.1. The van der Waals surface area contributed by atoms with Gasteiger partial charge in [-0.1, -0.05) is 12.1 Å². The average Bonchev–Trinajstić information content (AvgIpc) is 3.26. The Morgan fingerprint density at radius 2 is 2.25 bits per heavy atom. The van der Waals surface area contributed by atoms with Gasteiger partial charge in [0, 0.05) is 30.8 Å². The lowest BCUT2D eigenvalue weighted by atomic mass is 10.1. The van der Waals surface area contributed by atoms with Gasteiger partial charge in [-0.2, -0.15) is 5.10 Å². The van der Waals surface area contributed by atoms with E-state index in [1.54, 1.807) is 29.6 Å². The maximum Gasteiger partial charge on any atom is 0.319 e. The Bertz CT molecular complexity index is 808. The fourth-order valence-corrected chi connectivity index (χ4v) is 2.41. The van der Waals surface area contributed by atoms with Gasteiger partial charge in [-0.15, -0.1) is 0 Å². The lowest BCUT2D eigenvalue weighted by Crippen LogP contribution is -2.31. The Morgan fingerprint density at radius 3 is 2.96 bits per heavy atom. The Hall–Kier alpha value is -3.09. The summed E-state index contributed by atoms with van der Waals surface area (Å²) in [6.07, 6.45) is 8.79. The van der Waals surface area contributed by atoms with Crippen LogP contribution in [0.5, 0.6) is 0 Å². The SMILES string of the molecule is CCn1cc(NC(=O)N[C@@H](C)c2cccc(-n3ccnc3)c2)cn1. The molecule has 0 aliphatic carbocycles. The Labute approximate surface area is 140 Å². The van der Waals surface area contributed by atoms with Crippen LogP contribution in [0.3, 0.4) is 0 Å². The van der Waals surface area contributed by atoms with Crippen molar-refractivity contribution >= 4 is 11.7 Å². The van der Waals surface area contributed by atoms with Crippen molar-refractivity contribution in [2.75, 3.05) is 5.32 Å². The molecular weight excluding hydrogens is 304 g/mol. The van der Waals surface area contributed by atoms with Gasteiger partial charge in [0.25, 0.3) is 0 Å². The summed E-state index contributed by atoms with van der Waals surface area (Å²) in [5, 5.41) is 9.85. The van der Waals surface area contributed by atoms with E-state index in [1.165, 1.54) is 0 Å². The molecule has 0 aliphatic rings. The van der Waals surface area contributed by atoms with Crippen molar-refractivity contribution in [2.24, 2.45) is 0 Å². The Kier molecular flexibility index (Phi) is 4.60. The van der Waals surface area contributed by atoms with E-state index in [2.05, 4.69) is 20.7 Å². The van der Waals surface area contributed by atoms with Gasteiger partial charge in [-0.3, -0.25) is 4.68 Å². The smallest absolute Gasteiger partial charge is 0.319 e. The number of hydrogen-bond donors (Lipinski definition) is 2. The molecule has 0 aliphatic heterocycles. The van der Waals surface area contributed by atoms with Crippen LogP contribution in [0.15, 0.2) is 55.4 Å². The summed E-state index contributed by atoms with van der Waals surface area (Å²) in [4.78, 5) is 16.2. The van der Waals surface area contributed by atoms with Gasteiger partial charge in [-0.25, -0.2) is 9.78 Å². The van der Waals surface area contributed by atoms with Crippen LogP contribution in [-0.4, -0.2) is 25.4 Å². The fraction of sp³-hybridized carbons (Fsp3) is 0.235. The van der Waals surface area contributed by atoms with Crippen molar-refractivity contribution in [3.8, 4) is 5.69 Å². The highest BCUT2D eigenvalue weighted by Crippen LogP contribution is 2.17. The van der Waals surface area contributed by atoms with Gasteiger partial charge in [0.15, 0.2) is 0 Å². The molecule has 1 atom stereocenters. The van der Waals surface area contributed by atoms with Gasteiger partial charge in [0.1, 0.15) is 0 Å². The number of carbonyl (C=O) groups excluding carboxylic acids is 1. The molecule has 2 aromatic heterocycles. The lowest BCUT2D eigenvalue weighted by molar-refractivity contribution is 0.249. The number of anilines is 1. The minimum Gasteiger partial charge on any atom is -0.331 e. The van der Waals surface area contributed by atoms with E-state index in [0.29, 0.717) is 5.69 Å². The molecule has 0 bridgehead atoms. The zero-order chi connectivity index (χ0) is 16.9. The number of urea groups is 1. The Balaban J connectivity index is 1.65. The lowest BCUT2D eigenvalue weighted by Gasteiger charge is -2.15. The largest absolute Gasteiger partial charge is 0.331 e. The number of amides is 2. The number of aromatic nitrogens is 4. The molecule has 7 nitrogen and oxygen atoms in total. The number of carbonyl (C=O) groups is 1. The van der Waals surface area contributed by atoms with Crippen LogP contribution in [0.1, 0.15) is 25.5 Å². The standard InChI is InChI=1S/C17H20N6O/c1-3-23-11-15(10-19-23)21-17(24)20-13(2)14-5-4-6-16(9-14)22-8-7-18-12-22/h4-13H,3H2,1-2H3,(H2,20,21,24)/t13-/m0/s1. The molecule has 1 aromatic carbocycles. The van der Waals surface area contributed by atoms with E-state index < -0.39 is 0 Å². The van der Waals surface area contributed by atoms with Gasteiger partial charge in [0.05, 0.1) is 24.3 Å². The Morgan fingerprint density at radius 1 is 1.38 bits per heavy atom. The summed E-state index contributed by atoms with van der Waals surface area (Å²) < 4.78 is 3.68. The second-order valence-electron chi connectivity index (χ2n) is 5.47. The minimum absolute atomic E-state index is 0.130. The predicted octanol–water partition coefficient (Wildman–Crippen LogP) is 2.97. The average molecular weight is 324 g/mol. The van der Waals surface area contributed by atoms with Crippen LogP contribution in [0.2, 0.25) is 0 Å². The first-order valence-electron chi connectivity index (χ1n) is 7.84. The first-order chi connectivity index (χ1) is 11.7. The zero-order valence-corrected chi connectivity index (χ0v) is 13.7. The first-order valence-corrected chi connectivity index (χ1v) is 7.84. The molecule has 124 valence electrons. The quantitative estimate of drug-likeness (QED) is 0.757. The molecule has 0 unspecified atom stereocenters. The molecule has 7 heteroatoms. The monoisotopic (exact) mass is 324 g/mol. The topological polar surface area (TPSA) is 76.8 Å². The van der Waals surface area contributed by atoms with E-state index in [4.69, 9.17) is 0 Å². The number of imidazole rings is 1. The molecule has 0 fully saturated rings. The molecule has 0 spiro atoms. The van der Waals surface area contributed by atoms with Crippen LogP contribution in [0.4, 0.5) is 10.5 Å². The first kappa shape index (κ1) is 15.8. The summed E-state index contributed by atoms with van der Waals surface area (Å²) in [5.41, 5.74) is 2.69. The number of nitrogens with zero attached hydrogens (tertiary/aromatic N) is 4. The van der Waals surface area contributed by atoms with Crippen LogP contribution < -0.4 is 10.6 Å². The summed E-state index contributed by atoms with van der Waals surface area (Å²) in [7, 11) is 0. The van der Waals surface area contributed by atoms with Gasteiger partial charge >= 0.3 is 6.03 Å². The van der Waals surface area contributed by atoms with Crippen molar-refractivity contribution in [1.82, 2.24) is 24.6 Å². The maximum atomic E-state index is 12.1. The molecule has 0 radical (unpaired) electrons. The zero-order valence-electron chi connectivity index (χ0n) is 13.7. The highest BCUT2D eigenvalue weighted by atomic mass is 16.2. The molecule has 2 heterocycles. The number of hydrogen-bond acceptors (Lipinski definition) is 3. The van der Waals surface area contributed by atoms with E-state index >= 15 is 0 Å². The molecule has 24 heavy (non-hydrogen) atoms. The number of rotatable bonds is 5. The molecule has 3 rings (SSSR count). The van der Waals surface area contributed by atoms with Crippen molar-refractivity contribution in [2.45, 2.75) is 26.4 Å². The second kappa shape index (κ2) is 6.99. The molecule has 2 N–H and O–H groups in total. The van der Waals surface area contributed by atoms with Crippen LogP contribution in [-0.2, 0) is 6.54 Å². The summed E-state index contributed by atoms with van der Waals surface area (Å²) in [6.45, 7) is 4.70. The van der Waals surface area contributed by atoms with Crippen LogP contribution in [0, 0.1) is 0 Å². The van der Waals surface area contributed by atoms with Crippen molar-refractivity contribution in [3.05, 3.63) is 60.9 Å². The van der Waals surface area contributed by atoms with Crippen molar-refractivity contribution in [3.63, 3.8) is 0 Å². The van der Waals surface area contributed by atoms with Gasteiger partial charge in [0.2, 0.25) is 0 Å². The number of benzene rings is 1. The van der Waals surface area contributed by atoms with Crippen molar-refractivity contribution < 1.29 is 4.79 Å².